The van der Waals surface area contributed by atoms with Gasteiger partial charge in [0.2, 0.25) is 0 Å². The van der Waals surface area contributed by atoms with Crippen molar-refractivity contribution in [3.05, 3.63) is 34.9 Å². The molecule has 0 aromatic heterocycles. The van der Waals surface area contributed by atoms with Crippen molar-refractivity contribution in [2.45, 2.75) is 26.9 Å². The van der Waals surface area contributed by atoms with E-state index in [9.17, 15) is 0 Å². The predicted octanol–water partition coefficient (Wildman–Crippen LogP) is 2.61. The van der Waals surface area contributed by atoms with Crippen LogP contribution in [0.4, 0.5) is 0 Å². The normalized spacial score (nSPS) is 19.8. The minimum atomic E-state index is 0.126. The Kier molecular flexibility index (Phi) is 5.23. The number of hydrogen-bond acceptors (Lipinski definition) is 2. The van der Waals surface area contributed by atoms with Crippen molar-refractivity contribution < 1.29 is 4.74 Å². The molecule has 1 aliphatic heterocycles. The van der Waals surface area contributed by atoms with Crippen LogP contribution in [0.15, 0.2) is 23.2 Å². The van der Waals surface area contributed by atoms with Crippen molar-refractivity contribution in [3.8, 4) is 0 Å². The minimum Gasteiger partial charge on any atom is -0.370 e. The second-order valence-corrected chi connectivity index (χ2v) is 5.83. The van der Waals surface area contributed by atoms with Crippen LogP contribution in [0.3, 0.4) is 0 Å². The Bertz CT molecular complexity index is 511. The molecule has 21 heavy (non-hydrogen) atoms. The van der Waals surface area contributed by atoms with E-state index in [0.29, 0.717) is 0 Å². The molecule has 1 heterocycles. The lowest BCUT2D eigenvalue weighted by Crippen LogP contribution is -2.47. The maximum atomic E-state index is 6.01. The molecule has 1 fully saturated rings. The van der Waals surface area contributed by atoms with E-state index in [1.54, 1.807) is 0 Å². The Hall–Kier alpha value is -1.55. The van der Waals surface area contributed by atoms with Gasteiger partial charge in [-0.2, -0.15) is 0 Å². The van der Waals surface area contributed by atoms with Gasteiger partial charge in [0.25, 0.3) is 0 Å². The summed E-state index contributed by atoms with van der Waals surface area (Å²) < 4.78 is 6.01. The quantitative estimate of drug-likeness (QED) is 0.619. The number of guanidine groups is 1. The molecule has 1 aliphatic rings. The van der Waals surface area contributed by atoms with Crippen LogP contribution >= 0.6 is 0 Å². The molecule has 4 heteroatoms. The first-order valence-electron chi connectivity index (χ1n) is 7.68. The van der Waals surface area contributed by atoms with E-state index < -0.39 is 0 Å². The van der Waals surface area contributed by atoms with Gasteiger partial charge in [0.15, 0.2) is 5.96 Å². The van der Waals surface area contributed by atoms with Crippen LogP contribution in [-0.2, 0) is 4.74 Å². The smallest absolute Gasteiger partial charge is 0.196 e. The van der Waals surface area contributed by atoms with Crippen LogP contribution < -0.4 is 0 Å². The standard InChI is InChI=1S/C17H27N3O/c1-6-18-17(19(4)5)20-9-10-21-16(12-20)15-8-7-13(2)11-14(15)3/h7-8,11,16H,6,9-10,12H2,1-5H3. The number of benzene rings is 1. The molecular formula is C17H27N3O. The summed E-state index contributed by atoms with van der Waals surface area (Å²) in [5.41, 5.74) is 3.89. The molecule has 0 saturated carbocycles. The van der Waals surface area contributed by atoms with Crippen LogP contribution in [0.2, 0.25) is 0 Å². The number of morpholine rings is 1. The summed E-state index contributed by atoms with van der Waals surface area (Å²) in [7, 11) is 4.10. The Balaban J connectivity index is 2.18. The summed E-state index contributed by atoms with van der Waals surface area (Å²) in [6.45, 7) is 9.68. The first kappa shape index (κ1) is 15.8. The predicted molar refractivity (Wildman–Crippen MR) is 87.8 cm³/mol. The molecule has 0 bridgehead atoms. The first-order valence-corrected chi connectivity index (χ1v) is 7.68. The average Bonchev–Trinajstić information content (AvgIpc) is 2.44. The lowest BCUT2D eigenvalue weighted by atomic mass is 10.00. The number of hydrogen-bond donors (Lipinski definition) is 0. The molecule has 116 valence electrons. The summed E-state index contributed by atoms with van der Waals surface area (Å²) >= 11 is 0. The van der Waals surface area contributed by atoms with E-state index in [4.69, 9.17) is 4.74 Å². The van der Waals surface area contributed by atoms with Gasteiger partial charge in [-0.25, -0.2) is 0 Å². The lowest BCUT2D eigenvalue weighted by molar-refractivity contribution is -0.0102. The van der Waals surface area contributed by atoms with E-state index in [1.807, 2.05) is 0 Å². The van der Waals surface area contributed by atoms with Gasteiger partial charge in [0, 0.05) is 27.2 Å². The Labute approximate surface area is 128 Å². The van der Waals surface area contributed by atoms with Crippen molar-refractivity contribution in [1.29, 1.82) is 0 Å². The fourth-order valence-corrected chi connectivity index (χ4v) is 2.87. The first-order chi connectivity index (χ1) is 10.0. The highest BCUT2D eigenvalue weighted by Crippen LogP contribution is 2.26. The molecule has 1 aromatic carbocycles. The zero-order valence-electron chi connectivity index (χ0n) is 13.9. The summed E-state index contributed by atoms with van der Waals surface area (Å²) in [6, 6.07) is 6.59. The molecule has 2 rings (SSSR count). The highest BCUT2D eigenvalue weighted by atomic mass is 16.5. The molecule has 0 amide bonds. The molecule has 0 aliphatic carbocycles. The van der Waals surface area contributed by atoms with Crippen molar-refractivity contribution in [2.75, 3.05) is 40.3 Å². The third-order valence-corrected chi connectivity index (χ3v) is 3.82. The van der Waals surface area contributed by atoms with Gasteiger partial charge in [0.1, 0.15) is 6.10 Å². The number of ether oxygens (including phenoxy) is 1. The van der Waals surface area contributed by atoms with Gasteiger partial charge < -0.3 is 14.5 Å². The summed E-state index contributed by atoms with van der Waals surface area (Å²) in [5.74, 6) is 1.05. The molecular weight excluding hydrogens is 262 g/mol. The lowest BCUT2D eigenvalue weighted by Gasteiger charge is -2.37. The average molecular weight is 289 g/mol. The van der Waals surface area contributed by atoms with Crippen molar-refractivity contribution >= 4 is 5.96 Å². The maximum Gasteiger partial charge on any atom is 0.196 e. The van der Waals surface area contributed by atoms with Crippen molar-refractivity contribution in [3.63, 3.8) is 0 Å². The highest BCUT2D eigenvalue weighted by molar-refractivity contribution is 5.79. The Morgan fingerprint density at radius 2 is 2.14 bits per heavy atom. The molecule has 1 saturated heterocycles. The van der Waals surface area contributed by atoms with Gasteiger partial charge in [-0.15, -0.1) is 0 Å². The number of nitrogens with zero attached hydrogens (tertiary/aromatic N) is 3. The van der Waals surface area contributed by atoms with Crippen LogP contribution in [0.25, 0.3) is 0 Å². The van der Waals surface area contributed by atoms with Crippen LogP contribution in [-0.4, -0.2) is 56.1 Å². The van der Waals surface area contributed by atoms with E-state index in [2.05, 4.69) is 67.9 Å². The zero-order chi connectivity index (χ0) is 15.4. The monoisotopic (exact) mass is 289 g/mol. The number of aryl methyl sites for hydroxylation is 2. The Morgan fingerprint density at radius 1 is 1.38 bits per heavy atom. The largest absolute Gasteiger partial charge is 0.370 e. The summed E-state index contributed by atoms with van der Waals surface area (Å²) in [6.07, 6.45) is 0.126. The molecule has 4 nitrogen and oxygen atoms in total. The van der Waals surface area contributed by atoms with Crippen molar-refractivity contribution in [2.24, 2.45) is 4.99 Å². The molecule has 0 radical (unpaired) electrons. The third-order valence-electron chi connectivity index (χ3n) is 3.82. The SMILES string of the molecule is CCN=C(N(C)C)N1CCOC(c2ccc(C)cc2C)C1. The highest BCUT2D eigenvalue weighted by Gasteiger charge is 2.26. The Morgan fingerprint density at radius 3 is 2.76 bits per heavy atom. The topological polar surface area (TPSA) is 28.1 Å². The van der Waals surface area contributed by atoms with E-state index in [-0.39, 0.29) is 6.10 Å². The van der Waals surface area contributed by atoms with Gasteiger partial charge in [-0.05, 0) is 31.9 Å². The van der Waals surface area contributed by atoms with Gasteiger partial charge in [-0.1, -0.05) is 23.8 Å². The summed E-state index contributed by atoms with van der Waals surface area (Å²) in [5, 5.41) is 0. The van der Waals surface area contributed by atoms with Crippen LogP contribution in [0.5, 0.6) is 0 Å². The number of rotatable bonds is 2. The molecule has 1 unspecified atom stereocenters. The second kappa shape index (κ2) is 6.94. The number of aliphatic imine (C=N–C) groups is 1. The van der Waals surface area contributed by atoms with Gasteiger partial charge in [0.05, 0.1) is 13.2 Å². The van der Waals surface area contributed by atoms with Gasteiger partial charge >= 0.3 is 0 Å². The summed E-state index contributed by atoms with van der Waals surface area (Å²) in [4.78, 5) is 9.05. The molecule has 1 atom stereocenters. The third kappa shape index (κ3) is 3.76. The van der Waals surface area contributed by atoms with Crippen LogP contribution in [0, 0.1) is 13.8 Å². The van der Waals surface area contributed by atoms with E-state index >= 15 is 0 Å². The minimum absolute atomic E-state index is 0.126. The fourth-order valence-electron chi connectivity index (χ4n) is 2.87. The molecule has 0 spiro atoms. The zero-order valence-corrected chi connectivity index (χ0v) is 13.9. The molecule has 0 N–H and O–H groups in total. The fraction of sp³-hybridized carbons (Fsp3) is 0.588. The van der Waals surface area contributed by atoms with Crippen LogP contribution in [0.1, 0.15) is 29.7 Å². The van der Waals surface area contributed by atoms with Crippen molar-refractivity contribution in [1.82, 2.24) is 9.80 Å². The maximum absolute atomic E-state index is 6.01. The van der Waals surface area contributed by atoms with Gasteiger partial charge in [-0.3, -0.25) is 4.99 Å². The molecule has 1 aromatic rings. The van der Waals surface area contributed by atoms with E-state index in [0.717, 1.165) is 32.2 Å². The second-order valence-electron chi connectivity index (χ2n) is 5.83. The van der Waals surface area contributed by atoms with E-state index in [1.165, 1.54) is 16.7 Å².